The number of hydrogen-bond donors (Lipinski definition) is 0. The summed E-state index contributed by atoms with van der Waals surface area (Å²) in [6.07, 6.45) is 5.80. The van der Waals surface area contributed by atoms with Gasteiger partial charge in [0, 0.05) is 12.6 Å². The van der Waals surface area contributed by atoms with Crippen LogP contribution < -0.4 is 0 Å². The monoisotopic (exact) mass is 374 g/mol. The number of sulfonamides is 1. The van der Waals surface area contributed by atoms with E-state index >= 15 is 0 Å². The van der Waals surface area contributed by atoms with Gasteiger partial charge in [0.25, 0.3) is 0 Å². The molecule has 0 N–H and O–H groups in total. The summed E-state index contributed by atoms with van der Waals surface area (Å²) < 4.78 is 28.5. The minimum absolute atomic E-state index is 0.00913. The van der Waals surface area contributed by atoms with Crippen LogP contribution in [0.15, 0.2) is 54.5 Å². The van der Waals surface area contributed by atoms with Gasteiger partial charge in [0.05, 0.1) is 10.8 Å². The van der Waals surface area contributed by atoms with E-state index in [4.69, 9.17) is 0 Å². The van der Waals surface area contributed by atoms with Crippen LogP contribution in [0.4, 0.5) is 0 Å². The minimum Gasteiger partial charge on any atom is -0.318 e. The maximum atomic E-state index is 13.5. The van der Waals surface area contributed by atoms with Crippen molar-refractivity contribution >= 4 is 15.9 Å². The average Bonchev–Trinajstić information content (AvgIpc) is 2.64. The zero-order chi connectivity index (χ0) is 18.9. The highest BCUT2D eigenvalue weighted by molar-refractivity contribution is 7.89. The first-order chi connectivity index (χ1) is 12.4. The fourth-order valence-corrected chi connectivity index (χ4v) is 5.92. The number of carbonyl (C=O) groups excluding carboxylic acids is 1. The number of benzene rings is 1. The normalized spacial score (nSPS) is 27.0. The van der Waals surface area contributed by atoms with Crippen LogP contribution in [-0.2, 0) is 14.8 Å². The Hall–Kier alpha value is -1.92. The molecule has 0 unspecified atom stereocenters. The average molecular weight is 375 g/mol. The molecule has 1 aromatic carbocycles. The SMILES string of the molecule is C=CCN1C(=O)[C@H]2CCCC[C@@H]2N(S(=O)(=O)c2ccc(C)cc2)[C@H]1C=C. The summed E-state index contributed by atoms with van der Waals surface area (Å²) >= 11 is 0. The summed E-state index contributed by atoms with van der Waals surface area (Å²) in [5, 5.41) is 0. The Morgan fingerprint density at radius 1 is 1.15 bits per heavy atom. The van der Waals surface area contributed by atoms with Gasteiger partial charge in [-0.05, 0) is 31.9 Å². The Kier molecular flexibility index (Phi) is 5.34. The van der Waals surface area contributed by atoms with Crippen LogP contribution in [0.5, 0.6) is 0 Å². The van der Waals surface area contributed by atoms with Gasteiger partial charge < -0.3 is 4.90 Å². The van der Waals surface area contributed by atoms with E-state index in [1.165, 1.54) is 4.31 Å². The molecule has 1 amide bonds. The van der Waals surface area contributed by atoms with Crippen LogP contribution in [0.1, 0.15) is 31.2 Å². The number of rotatable bonds is 5. The van der Waals surface area contributed by atoms with Gasteiger partial charge >= 0.3 is 0 Å². The third kappa shape index (κ3) is 3.12. The highest BCUT2D eigenvalue weighted by atomic mass is 32.2. The third-order valence-electron chi connectivity index (χ3n) is 5.37. The Morgan fingerprint density at radius 2 is 1.81 bits per heavy atom. The van der Waals surface area contributed by atoms with Crippen molar-refractivity contribution in [1.29, 1.82) is 0 Å². The van der Waals surface area contributed by atoms with Crippen molar-refractivity contribution in [3.8, 4) is 0 Å². The van der Waals surface area contributed by atoms with E-state index in [1.807, 2.05) is 6.92 Å². The fourth-order valence-electron chi connectivity index (χ4n) is 4.10. The fraction of sp³-hybridized carbons (Fsp3) is 0.450. The van der Waals surface area contributed by atoms with Gasteiger partial charge in [-0.3, -0.25) is 4.79 Å². The van der Waals surface area contributed by atoms with Crippen LogP contribution in [0.3, 0.4) is 0 Å². The first-order valence-corrected chi connectivity index (χ1v) is 10.5. The molecule has 1 saturated carbocycles. The summed E-state index contributed by atoms with van der Waals surface area (Å²) in [6.45, 7) is 9.77. The maximum Gasteiger partial charge on any atom is 0.245 e. The summed E-state index contributed by atoms with van der Waals surface area (Å²) in [7, 11) is -3.75. The first kappa shape index (κ1) is 18.9. The zero-order valence-electron chi connectivity index (χ0n) is 15.2. The van der Waals surface area contributed by atoms with E-state index < -0.39 is 16.2 Å². The zero-order valence-corrected chi connectivity index (χ0v) is 16.0. The standard InChI is InChI=1S/C20H26N2O3S/c1-4-14-21-19(5-2)22(18-9-7-6-8-17(18)20(21)23)26(24,25)16-12-10-15(3)11-13-16/h4-5,10-13,17-19H,1-2,6-9,14H2,3H3/t17-,18-,19-/m0/s1. The maximum absolute atomic E-state index is 13.5. The number of carbonyl (C=O) groups is 1. The van der Waals surface area contributed by atoms with Gasteiger partial charge in [-0.2, -0.15) is 4.31 Å². The molecule has 1 heterocycles. The molecule has 5 nitrogen and oxygen atoms in total. The Balaban J connectivity index is 2.10. The van der Waals surface area contributed by atoms with Crippen LogP contribution in [0.2, 0.25) is 0 Å². The van der Waals surface area contributed by atoms with Crippen LogP contribution in [0.25, 0.3) is 0 Å². The molecule has 0 aromatic heterocycles. The largest absolute Gasteiger partial charge is 0.318 e. The molecule has 1 aromatic rings. The van der Waals surface area contributed by atoms with Gasteiger partial charge in [-0.25, -0.2) is 8.42 Å². The van der Waals surface area contributed by atoms with Crippen molar-refractivity contribution < 1.29 is 13.2 Å². The molecule has 2 fully saturated rings. The molecule has 26 heavy (non-hydrogen) atoms. The summed E-state index contributed by atoms with van der Waals surface area (Å²) in [5.74, 6) is -0.282. The molecule has 0 radical (unpaired) electrons. The van der Waals surface area contributed by atoms with Crippen molar-refractivity contribution in [2.45, 2.75) is 49.7 Å². The lowest BCUT2D eigenvalue weighted by molar-refractivity contribution is -0.149. The van der Waals surface area contributed by atoms with Crippen LogP contribution in [0, 0.1) is 12.8 Å². The Labute approximate surface area is 156 Å². The van der Waals surface area contributed by atoms with Crippen LogP contribution in [-0.4, -0.2) is 42.3 Å². The Morgan fingerprint density at radius 3 is 2.42 bits per heavy atom. The van der Waals surface area contributed by atoms with Gasteiger partial charge in [-0.15, -0.1) is 6.58 Å². The molecule has 1 saturated heterocycles. The van der Waals surface area contributed by atoms with E-state index in [0.717, 1.165) is 24.8 Å². The molecule has 1 aliphatic carbocycles. The topological polar surface area (TPSA) is 57.7 Å². The molecule has 140 valence electrons. The molecular formula is C20H26N2O3S. The molecule has 2 aliphatic rings. The number of nitrogens with zero attached hydrogens (tertiary/aromatic N) is 2. The van der Waals surface area contributed by atoms with Gasteiger partial charge in [0.15, 0.2) is 0 Å². The van der Waals surface area contributed by atoms with Crippen molar-refractivity contribution in [3.05, 3.63) is 55.1 Å². The van der Waals surface area contributed by atoms with E-state index in [1.54, 1.807) is 41.3 Å². The van der Waals surface area contributed by atoms with Crippen LogP contribution >= 0.6 is 0 Å². The van der Waals surface area contributed by atoms with E-state index in [2.05, 4.69) is 13.2 Å². The highest BCUT2D eigenvalue weighted by Crippen LogP contribution is 2.39. The molecule has 3 rings (SSSR count). The first-order valence-electron chi connectivity index (χ1n) is 9.06. The lowest BCUT2D eigenvalue weighted by atomic mass is 9.81. The molecule has 0 spiro atoms. The predicted octanol–water partition coefficient (Wildman–Crippen LogP) is 3.08. The molecule has 0 bridgehead atoms. The number of fused-ring (bicyclic) bond motifs is 1. The summed E-state index contributed by atoms with van der Waals surface area (Å²) in [6, 6.07) is 6.55. The third-order valence-corrected chi connectivity index (χ3v) is 7.28. The van der Waals surface area contributed by atoms with Gasteiger partial charge in [0.2, 0.25) is 15.9 Å². The van der Waals surface area contributed by atoms with E-state index in [-0.39, 0.29) is 22.8 Å². The molecule has 6 heteroatoms. The second-order valence-corrected chi connectivity index (χ2v) is 8.88. The minimum atomic E-state index is -3.75. The lowest BCUT2D eigenvalue weighted by Crippen LogP contribution is -2.65. The van der Waals surface area contributed by atoms with Crippen molar-refractivity contribution in [3.63, 3.8) is 0 Å². The Bertz CT molecular complexity index is 801. The molecule has 3 atom stereocenters. The predicted molar refractivity (Wildman–Crippen MR) is 102 cm³/mol. The van der Waals surface area contributed by atoms with E-state index in [9.17, 15) is 13.2 Å². The van der Waals surface area contributed by atoms with Crippen molar-refractivity contribution in [2.75, 3.05) is 6.54 Å². The second-order valence-electron chi connectivity index (χ2n) is 7.03. The van der Waals surface area contributed by atoms with Crippen molar-refractivity contribution in [2.24, 2.45) is 5.92 Å². The number of amides is 1. The number of hydrogen-bond acceptors (Lipinski definition) is 3. The lowest BCUT2D eigenvalue weighted by Gasteiger charge is -2.50. The highest BCUT2D eigenvalue weighted by Gasteiger charge is 2.51. The number of aryl methyl sites for hydroxylation is 1. The van der Waals surface area contributed by atoms with Gasteiger partial charge in [-0.1, -0.05) is 49.3 Å². The van der Waals surface area contributed by atoms with Crippen molar-refractivity contribution in [1.82, 2.24) is 9.21 Å². The smallest absolute Gasteiger partial charge is 0.245 e. The summed E-state index contributed by atoms with van der Waals surface area (Å²) in [4.78, 5) is 14.8. The summed E-state index contributed by atoms with van der Waals surface area (Å²) in [5.41, 5.74) is 1.00. The molecular weight excluding hydrogens is 348 g/mol. The van der Waals surface area contributed by atoms with Gasteiger partial charge in [0.1, 0.15) is 6.17 Å². The quantitative estimate of drug-likeness (QED) is 0.744. The molecule has 1 aliphatic heterocycles. The second kappa shape index (κ2) is 7.37. The van der Waals surface area contributed by atoms with E-state index in [0.29, 0.717) is 13.0 Å².